The van der Waals surface area contributed by atoms with Crippen LogP contribution in [0.4, 0.5) is 0 Å². The molecule has 5 heteroatoms. The third-order valence-electron chi connectivity index (χ3n) is 5.53. The average Bonchev–Trinajstić information content (AvgIpc) is 2.94. The van der Waals surface area contributed by atoms with Gasteiger partial charge in [0.2, 0.25) is 0 Å². The summed E-state index contributed by atoms with van der Waals surface area (Å²) in [6.07, 6.45) is 0.838. The third-order valence-corrected chi connectivity index (χ3v) is 5.53. The fourth-order valence-corrected chi connectivity index (χ4v) is 3.82. The van der Waals surface area contributed by atoms with Crippen LogP contribution >= 0.6 is 0 Å². The summed E-state index contributed by atoms with van der Waals surface area (Å²) in [7, 11) is 0. The molecule has 0 saturated carbocycles. The van der Waals surface area contributed by atoms with Gasteiger partial charge in [-0.1, -0.05) is 41.5 Å². The number of nitrogens with two attached hydrogens (primary N) is 1. The lowest BCUT2D eigenvalue weighted by atomic mass is 9.78. The number of phenols is 1. The standard InChI is InChI=1S/C25H38N2O3/c1-9-30-12-10-11-27-16(2)18(23(26)29)15-21(27)17-13-19(24(3,4)5)22(28)20(14-17)25(6,7)8/h13-15,28H,9-12H2,1-8H3,(H2,26,29). The lowest BCUT2D eigenvalue weighted by Gasteiger charge is -2.28. The summed E-state index contributed by atoms with van der Waals surface area (Å²) in [6, 6.07) is 5.97. The number of primary amides is 1. The van der Waals surface area contributed by atoms with Crippen molar-refractivity contribution in [3.63, 3.8) is 0 Å². The SMILES string of the molecule is CCOCCCn1c(-c2cc(C(C)(C)C)c(O)c(C(C)(C)C)c2)cc(C(N)=O)c1C. The van der Waals surface area contributed by atoms with Gasteiger partial charge in [0.25, 0.3) is 5.91 Å². The number of hydrogen-bond donors (Lipinski definition) is 2. The molecule has 1 amide bonds. The van der Waals surface area contributed by atoms with E-state index in [0.717, 1.165) is 41.0 Å². The number of aromatic nitrogens is 1. The topological polar surface area (TPSA) is 77.5 Å². The van der Waals surface area contributed by atoms with Crippen molar-refractivity contribution in [2.45, 2.75) is 79.2 Å². The second kappa shape index (κ2) is 8.84. The van der Waals surface area contributed by atoms with Gasteiger partial charge in [0, 0.05) is 42.3 Å². The van der Waals surface area contributed by atoms with Crippen molar-refractivity contribution >= 4 is 5.91 Å². The molecule has 0 aliphatic heterocycles. The number of benzene rings is 1. The van der Waals surface area contributed by atoms with Crippen molar-refractivity contribution in [3.05, 3.63) is 40.6 Å². The van der Waals surface area contributed by atoms with E-state index in [0.29, 0.717) is 24.5 Å². The number of carbonyl (C=O) groups is 1. The van der Waals surface area contributed by atoms with Gasteiger partial charge in [-0.15, -0.1) is 0 Å². The summed E-state index contributed by atoms with van der Waals surface area (Å²) in [6.45, 7) is 18.6. The molecule has 1 heterocycles. The molecule has 1 aromatic heterocycles. The van der Waals surface area contributed by atoms with Crippen LogP contribution in [0.5, 0.6) is 5.75 Å². The molecule has 0 atom stereocenters. The Balaban J connectivity index is 2.73. The van der Waals surface area contributed by atoms with E-state index in [2.05, 4.69) is 46.1 Å². The smallest absolute Gasteiger partial charge is 0.250 e. The summed E-state index contributed by atoms with van der Waals surface area (Å²) >= 11 is 0. The van der Waals surface area contributed by atoms with Crippen molar-refractivity contribution in [3.8, 4) is 17.0 Å². The van der Waals surface area contributed by atoms with E-state index >= 15 is 0 Å². The maximum absolute atomic E-state index is 12.0. The number of rotatable bonds is 7. The highest BCUT2D eigenvalue weighted by molar-refractivity contribution is 5.95. The number of nitrogens with zero attached hydrogens (tertiary/aromatic N) is 1. The first-order chi connectivity index (χ1) is 13.8. The van der Waals surface area contributed by atoms with E-state index in [4.69, 9.17) is 10.5 Å². The second-order valence-corrected chi connectivity index (χ2v) is 10.0. The lowest BCUT2D eigenvalue weighted by molar-refractivity contribution is 0.0999. The van der Waals surface area contributed by atoms with Gasteiger partial charge in [-0.05, 0) is 54.9 Å². The van der Waals surface area contributed by atoms with Crippen molar-refractivity contribution in [1.82, 2.24) is 4.57 Å². The van der Waals surface area contributed by atoms with E-state index in [1.807, 2.05) is 32.0 Å². The van der Waals surface area contributed by atoms with Crippen LogP contribution in [0.1, 0.15) is 82.1 Å². The molecule has 0 fully saturated rings. The Morgan fingerprint density at radius 1 is 1.07 bits per heavy atom. The van der Waals surface area contributed by atoms with Crippen LogP contribution in [0.25, 0.3) is 11.3 Å². The lowest BCUT2D eigenvalue weighted by Crippen LogP contribution is -2.17. The molecule has 0 unspecified atom stereocenters. The molecule has 30 heavy (non-hydrogen) atoms. The number of ether oxygens (including phenoxy) is 1. The predicted molar refractivity (Wildman–Crippen MR) is 123 cm³/mol. The van der Waals surface area contributed by atoms with Crippen molar-refractivity contribution in [1.29, 1.82) is 0 Å². The maximum Gasteiger partial charge on any atom is 0.250 e. The van der Waals surface area contributed by atoms with Crippen molar-refractivity contribution in [2.75, 3.05) is 13.2 Å². The van der Waals surface area contributed by atoms with E-state index in [1.165, 1.54) is 0 Å². The molecule has 5 nitrogen and oxygen atoms in total. The van der Waals surface area contributed by atoms with E-state index < -0.39 is 5.91 Å². The van der Waals surface area contributed by atoms with Gasteiger partial charge < -0.3 is 20.1 Å². The summed E-state index contributed by atoms with van der Waals surface area (Å²) in [5.74, 6) is -0.0803. The molecule has 0 spiro atoms. The molecule has 0 bridgehead atoms. The summed E-state index contributed by atoms with van der Waals surface area (Å²) in [5.41, 5.74) is 10.3. The number of amides is 1. The Hall–Kier alpha value is -2.27. The van der Waals surface area contributed by atoms with Gasteiger partial charge in [-0.25, -0.2) is 0 Å². The first-order valence-electron chi connectivity index (χ1n) is 10.7. The highest BCUT2D eigenvalue weighted by Crippen LogP contribution is 2.42. The molecule has 2 aromatic rings. The molecule has 0 radical (unpaired) electrons. The largest absolute Gasteiger partial charge is 0.507 e. The quantitative estimate of drug-likeness (QED) is 0.604. The number of phenolic OH excluding ortho intramolecular Hbond substituents is 1. The van der Waals surface area contributed by atoms with Crippen LogP contribution in [-0.2, 0) is 22.1 Å². The number of carbonyl (C=O) groups excluding carboxylic acids is 1. The Morgan fingerprint density at radius 3 is 2.03 bits per heavy atom. The van der Waals surface area contributed by atoms with Crippen molar-refractivity contribution in [2.24, 2.45) is 5.73 Å². The highest BCUT2D eigenvalue weighted by Gasteiger charge is 2.28. The van der Waals surface area contributed by atoms with Crippen LogP contribution in [0, 0.1) is 6.92 Å². The van der Waals surface area contributed by atoms with Gasteiger partial charge in [-0.3, -0.25) is 4.79 Å². The van der Waals surface area contributed by atoms with Gasteiger partial charge in [0.1, 0.15) is 5.75 Å². The Labute approximate surface area is 181 Å². The zero-order chi connectivity index (χ0) is 22.9. The van der Waals surface area contributed by atoms with Crippen LogP contribution in [-0.4, -0.2) is 28.8 Å². The molecule has 3 N–H and O–H groups in total. The molecule has 0 aliphatic rings. The van der Waals surface area contributed by atoms with Gasteiger partial charge >= 0.3 is 0 Å². The van der Waals surface area contributed by atoms with Crippen molar-refractivity contribution < 1.29 is 14.6 Å². The number of aromatic hydroxyl groups is 1. The van der Waals surface area contributed by atoms with E-state index in [9.17, 15) is 9.90 Å². The monoisotopic (exact) mass is 414 g/mol. The fourth-order valence-electron chi connectivity index (χ4n) is 3.82. The molecular formula is C25H38N2O3. The molecule has 0 aliphatic carbocycles. The molecule has 1 aromatic carbocycles. The fraction of sp³-hybridized carbons (Fsp3) is 0.560. The first kappa shape index (κ1) is 24.0. The van der Waals surface area contributed by atoms with E-state index in [1.54, 1.807) is 0 Å². The van der Waals surface area contributed by atoms with Gasteiger partial charge in [0.05, 0.1) is 5.56 Å². The van der Waals surface area contributed by atoms with Crippen LogP contribution in [0.2, 0.25) is 0 Å². The summed E-state index contributed by atoms with van der Waals surface area (Å²) in [5, 5.41) is 11.1. The van der Waals surface area contributed by atoms with E-state index in [-0.39, 0.29) is 10.8 Å². The predicted octanol–water partition coefficient (Wildman–Crippen LogP) is 5.29. The Morgan fingerprint density at radius 2 is 1.60 bits per heavy atom. The molecule has 2 rings (SSSR count). The number of hydrogen-bond acceptors (Lipinski definition) is 3. The maximum atomic E-state index is 12.0. The minimum atomic E-state index is -0.428. The minimum absolute atomic E-state index is 0.228. The first-order valence-corrected chi connectivity index (χ1v) is 10.7. The second-order valence-electron chi connectivity index (χ2n) is 10.0. The van der Waals surface area contributed by atoms with Gasteiger partial charge in [0.15, 0.2) is 0 Å². The Bertz CT molecular complexity index is 877. The molecular weight excluding hydrogens is 376 g/mol. The highest BCUT2D eigenvalue weighted by atomic mass is 16.5. The Kier molecular flexibility index (Phi) is 7.08. The third kappa shape index (κ3) is 5.07. The molecule has 166 valence electrons. The minimum Gasteiger partial charge on any atom is -0.507 e. The van der Waals surface area contributed by atoms with Crippen LogP contribution in [0.3, 0.4) is 0 Å². The normalized spacial score (nSPS) is 12.4. The molecule has 0 saturated heterocycles. The zero-order valence-electron chi connectivity index (χ0n) is 19.8. The van der Waals surface area contributed by atoms with Crippen LogP contribution in [0.15, 0.2) is 18.2 Å². The summed E-state index contributed by atoms with van der Waals surface area (Å²) in [4.78, 5) is 12.0. The summed E-state index contributed by atoms with van der Waals surface area (Å²) < 4.78 is 7.64. The average molecular weight is 415 g/mol. The van der Waals surface area contributed by atoms with Gasteiger partial charge in [-0.2, -0.15) is 0 Å². The zero-order valence-corrected chi connectivity index (χ0v) is 19.8. The van der Waals surface area contributed by atoms with Crippen LogP contribution < -0.4 is 5.73 Å².